The third kappa shape index (κ3) is 4.17. The van der Waals surface area contributed by atoms with Gasteiger partial charge in [-0.1, -0.05) is 31.4 Å². The molecule has 1 aliphatic carbocycles. The van der Waals surface area contributed by atoms with Crippen LogP contribution in [0, 0.1) is 5.92 Å². The molecule has 1 aromatic heterocycles. The maximum absolute atomic E-state index is 6.07. The summed E-state index contributed by atoms with van der Waals surface area (Å²) >= 11 is 6.07. The van der Waals surface area contributed by atoms with Crippen LogP contribution in [0.5, 0.6) is 5.88 Å². The number of halogens is 1. The normalized spacial score (nSPS) is 14.9. The zero-order valence-corrected chi connectivity index (χ0v) is 11.0. The van der Waals surface area contributed by atoms with E-state index >= 15 is 0 Å². The van der Waals surface area contributed by atoms with Crippen LogP contribution in [0.25, 0.3) is 0 Å². The molecule has 2 rings (SSSR count). The quantitative estimate of drug-likeness (QED) is 0.812. The Bertz CT molecular complexity index is 366. The molecule has 1 N–H and O–H groups in total. The average Bonchev–Trinajstić information content (AvgIpc) is 3.13. The summed E-state index contributed by atoms with van der Waals surface area (Å²) in [5.41, 5.74) is 1.05. The summed E-state index contributed by atoms with van der Waals surface area (Å²) in [6, 6.07) is 1.93. The minimum absolute atomic E-state index is 0.683. The van der Waals surface area contributed by atoms with Crippen LogP contribution in [0.15, 0.2) is 12.3 Å². The highest BCUT2D eigenvalue weighted by molar-refractivity contribution is 6.31. The Morgan fingerprint density at radius 2 is 2.35 bits per heavy atom. The number of hydrogen-bond acceptors (Lipinski definition) is 3. The molecule has 0 atom stereocenters. The predicted octanol–water partition coefficient (Wildman–Crippen LogP) is 3.02. The third-order valence-electron chi connectivity index (χ3n) is 2.95. The van der Waals surface area contributed by atoms with Gasteiger partial charge in [-0.2, -0.15) is 0 Å². The Labute approximate surface area is 108 Å². The number of nitrogens with one attached hydrogen (secondary N) is 1. The summed E-state index contributed by atoms with van der Waals surface area (Å²) < 4.78 is 5.63. The van der Waals surface area contributed by atoms with Gasteiger partial charge < -0.3 is 10.1 Å². The summed E-state index contributed by atoms with van der Waals surface area (Å²) in [6.07, 6.45) is 5.54. The fraction of sp³-hybridized carbons (Fsp3) is 0.615. The van der Waals surface area contributed by atoms with Gasteiger partial charge in [-0.15, -0.1) is 0 Å². The molecule has 0 saturated heterocycles. The maximum Gasteiger partial charge on any atom is 0.213 e. The summed E-state index contributed by atoms with van der Waals surface area (Å²) in [6.45, 7) is 4.52. The lowest BCUT2D eigenvalue weighted by molar-refractivity contribution is 0.291. The summed E-state index contributed by atoms with van der Waals surface area (Å²) in [7, 11) is 0. The molecule has 17 heavy (non-hydrogen) atoms. The first-order chi connectivity index (χ1) is 8.29. The summed E-state index contributed by atoms with van der Waals surface area (Å²) in [5.74, 6) is 1.58. The van der Waals surface area contributed by atoms with E-state index in [1.54, 1.807) is 6.20 Å². The monoisotopic (exact) mass is 254 g/mol. The van der Waals surface area contributed by atoms with Gasteiger partial charge in [0, 0.05) is 18.8 Å². The number of aromatic nitrogens is 1. The number of ether oxygens (including phenoxy) is 1. The van der Waals surface area contributed by atoms with Gasteiger partial charge in [0.15, 0.2) is 0 Å². The second-order valence-electron chi connectivity index (χ2n) is 4.47. The zero-order chi connectivity index (χ0) is 12.1. The Morgan fingerprint density at radius 1 is 1.53 bits per heavy atom. The van der Waals surface area contributed by atoms with Crippen LogP contribution < -0.4 is 10.1 Å². The van der Waals surface area contributed by atoms with Gasteiger partial charge in [-0.3, -0.25) is 0 Å². The molecule has 1 aromatic rings. The van der Waals surface area contributed by atoms with Crippen LogP contribution in [0.1, 0.15) is 31.7 Å². The van der Waals surface area contributed by atoms with Gasteiger partial charge >= 0.3 is 0 Å². The van der Waals surface area contributed by atoms with E-state index in [9.17, 15) is 0 Å². The molecular formula is C13H19ClN2O. The zero-order valence-electron chi connectivity index (χ0n) is 10.2. The number of nitrogens with zero attached hydrogens (tertiary/aromatic N) is 1. The van der Waals surface area contributed by atoms with E-state index in [0.29, 0.717) is 10.9 Å². The maximum atomic E-state index is 6.07. The fourth-order valence-corrected chi connectivity index (χ4v) is 1.84. The van der Waals surface area contributed by atoms with Crippen molar-refractivity contribution in [3.05, 3.63) is 22.8 Å². The van der Waals surface area contributed by atoms with Crippen molar-refractivity contribution in [1.82, 2.24) is 10.3 Å². The molecule has 0 spiro atoms. The van der Waals surface area contributed by atoms with E-state index < -0.39 is 0 Å². The molecule has 0 unspecified atom stereocenters. The molecule has 94 valence electrons. The van der Waals surface area contributed by atoms with Crippen molar-refractivity contribution < 1.29 is 4.74 Å². The van der Waals surface area contributed by atoms with Crippen molar-refractivity contribution in [3.8, 4) is 5.88 Å². The number of pyridine rings is 1. The summed E-state index contributed by atoms with van der Waals surface area (Å²) in [5, 5.41) is 3.94. The molecule has 1 saturated carbocycles. The van der Waals surface area contributed by atoms with Crippen LogP contribution in [-0.2, 0) is 6.54 Å². The lowest BCUT2D eigenvalue weighted by atomic mass is 10.2. The highest BCUT2D eigenvalue weighted by atomic mass is 35.5. The third-order valence-corrected chi connectivity index (χ3v) is 3.29. The topological polar surface area (TPSA) is 34.1 Å². The van der Waals surface area contributed by atoms with Crippen molar-refractivity contribution in [3.63, 3.8) is 0 Å². The lowest BCUT2D eigenvalue weighted by Gasteiger charge is -2.08. The second-order valence-corrected chi connectivity index (χ2v) is 4.88. The predicted molar refractivity (Wildman–Crippen MR) is 69.5 cm³/mol. The second kappa shape index (κ2) is 6.22. The Kier molecular flexibility index (Phi) is 4.63. The van der Waals surface area contributed by atoms with Crippen molar-refractivity contribution in [2.75, 3.05) is 13.2 Å². The van der Waals surface area contributed by atoms with E-state index in [4.69, 9.17) is 16.3 Å². The van der Waals surface area contributed by atoms with Crippen LogP contribution in [0.4, 0.5) is 0 Å². The molecule has 0 radical (unpaired) electrons. The van der Waals surface area contributed by atoms with Crippen LogP contribution in [-0.4, -0.2) is 18.1 Å². The first-order valence-corrected chi connectivity index (χ1v) is 6.65. The van der Waals surface area contributed by atoms with E-state index in [1.807, 2.05) is 6.07 Å². The van der Waals surface area contributed by atoms with Crippen molar-refractivity contribution >= 4 is 11.6 Å². The fourth-order valence-electron chi connectivity index (χ4n) is 1.67. The molecular weight excluding hydrogens is 236 g/mol. The smallest absolute Gasteiger partial charge is 0.213 e. The number of rotatable bonds is 7. The van der Waals surface area contributed by atoms with E-state index in [2.05, 4.69) is 17.2 Å². The average molecular weight is 255 g/mol. The molecule has 0 amide bonds. The highest BCUT2D eigenvalue weighted by Gasteiger charge is 2.20. The van der Waals surface area contributed by atoms with Gasteiger partial charge in [0.05, 0.1) is 11.6 Å². The van der Waals surface area contributed by atoms with Crippen molar-refractivity contribution in [1.29, 1.82) is 0 Å². The Morgan fingerprint density at radius 3 is 3.06 bits per heavy atom. The minimum Gasteiger partial charge on any atom is -0.478 e. The van der Waals surface area contributed by atoms with Gasteiger partial charge in [-0.05, 0) is 24.4 Å². The SMILES string of the molecule is CCNCc1cc(OCCC2CC2)ncc1Cl. The highest BCUT2D eigenvalue weighted by Crippen LogP contribution is 2.32. The Hall–Kier alpha value is -0.800. The van der Waals surface area contributed by atoms with Crippen LogP contribution >= 0.6 is 11.6 Å². The largest absolute Gasteiger partial charge is 0.478 e. The molecule has 0 aromatic carbocycles. The van der Waals surface area contributed by atoms with Gasteiger partial charge in [0.2, 0.25) is 5.88 Å². The first-order valence-electron chi connectivity index (χ1n) is 6.27. The molecule has 3 nitrogen and oxygen atoms in total. The molecule has 0 aliphatic heterocycles. The van der Waals surface area contributed by atoms with Gasteiger partial charge in [0.25, 0.3) is 0 Å². The standard InChI is InChI=1S/C13H19ClN2O/c1-2-15-8-11-7-13(16-9-12(11)14)17-6-5-10-3-4-10/h7,9-10,15H,2-6,8H2,1H3. The molecule has 0 bridgehead atoms. The first kappa shape index (κ1) is 12.7. The minimum atomic E-state index is 0.683. The van der Waals surface area contributed by atoms with E-state index in [0.717, 1.165) is 37.6 Å². The Balaban J connectivity index is 1.87. The van der Waals surface area contributed by atoms with Crippen molar-refractivity contribution in [2.24, 2.45) is 5.92 Å². The van der Waals surface area contributed by atoms with E-state index in [-0.39, 0.29) is 0 Å². The molecule has 1 aliphatic rings. The van der Waals surface area contributed by atoms with E-state index in [1.165, 1.54) is 12.8 Å². The van der Waals surface area contributed by atoms with Gasteiger partial charge in [-0.25, -0.2) is 4.98 Å². The molecule has 1 fully saturated rings. The van der Waals surface area contributed by atoms with Crippen LogP contribution in [0.2, 0.25) is 5.02 Å². The number of hydrogen-bond donors (Lipinski definition) is 1. The summed E-state index contributed by atoms with van der Waals surface area (Å²) in [4.78, 5) is 4.18. The van der Waals surface area contributed by atoms with Crippen LogP contribution in [0.3, 0.4) is 0 Å². The lowest BCUT2D eigenvalue weighted by Crippen LogP contribution is -2.12. The van der Waals surface area contributed by atoms with Crippen molar-refractivity contribution in [2.45, 2.75) is 32.7 Å². The molecule has 4 heteroatoms. The molecule has 1 heterocycles. The van der Waals surface area contributed by atoms with Gasteiger partial charge in [0.1, 0.15) is 0 Å².